The first-order valence-corrected chi connectivity index (χ1v) is 5.05. The van der Waals surface area contributed by atoms with Crippen LogP contribution in [0.15, 0.2) is 42.5 Å². The van der Waals surface area contributed by atoms with Gasteiger partial charge in [-0.25, -0.2) is 0 Å². The molecule has 0 aliphatic carbocycles. The fourth-order valence-corrected chi connectivity index (χ4v) is 1.78. The molecule has 86 valence electrons. The molecule has 0 heterocycles. The summed E-state index contributed by atoms with van der Waals surface area (Å²) in [4.78, 5) is 11.1. The Morgan fingerprint density at radius 3 is 2.22 bits per heavy atom. The maximum Gasteiger partial charge on any atom is 1.00 e. The quantitative estimate of drug-likeness (QED) is 0.480. The molecule has 2 aromatic carbocycles. The molecular formula is C13H11KN2O2. The zero-order chi connectivity index (χ0) is 12.4. The summed E-state index contributed by atoms with van der Waals surface area (Å²) in [6, 6.07) is 11.9. The Labute approximate surface area is 147 Å². The summed E-state index contributed by atoms with van der Waals surface area (Å²) in [7, 11) is 0. The van der Waals surface area contributed by atoms with E-state index in [9.17, 15) is 9.90 Å². The molecule has 0 fully saturated rings. The molecule has 2 rings (SSSR count). The molecule has 0 aliphatic rings. The Balaban J connectivity index is 0.00000162. The van der Waals surface area contributed by atoms with Crippen LogP contribution in [0, 0.1) is 0 Å². The van der Waals surface area contributed by atoms with E-state index in [1.807, 2.05) is 18.2 Å². The normalized spacial score (nSPS) is 9.56. The summed E-state index contributed by atoms with van der Waals surface area (Å²) in [5.74, 6) is -1.29. The van der Waals surface area contributed by atoms with Crippen molar-refractivity contribution >= 4 is 17.3 Å². The fraction of sp³-hybridized carbons (Fsp3) is 0. The molecule has 0 aromatic heterocycles. The van der Waals surface area contributed by atoms with Gasteiger partial charge in [-0.1, -0.05) is 30.3 Å². The van der Waals surface area contributed by atoms with Gasteiger partial charge in [-0.05, 0) is 17.7 Å². The van der Waals surface area contributed by atoms with E-state index in [-0.39, 0.29) is 56.9 Å². The zero-order valence-electron chi connectivity index (χ0n) is 10.0. The number of nitrogen functional groups attached to an aromatic ring is 2. The van der Waals surface area contributed by atoms with Crippen LogP contribution in [0.1, 0.15) is 10.4 Å². The number of carbonyl (C=O) groups excluding carboxylic acids is 1. The maximum absolute atomic E-state index is 11.1. The van der Waals surface area contributed by atoms with Gasteiger partial charge in [-0.2, -0.15) is 0 Å². The van der Waals surface area contributed by atoms with Gasteiger partial charge in [-0.15, -0.1) is 0 Å². The van der Waals surface area contributed by atoms with Gasteiger partial charge in [0.1, 0.15) is 0 Å². The summed E-state index contributed by atoms with van der Waals surface area (Å²) in [6.45, 7) is 0. The Hall–Kier alpha value is -0.854. The number of carboxylic acids is 1. The summed E-state index contributed by atoms with van der Waals surface area (Å²) in [5, 5.41) is 11.1. The first kappa shape index (κ1) is 15.2. The molecule has 0 atom stereocenters. The number of aromatic carboxylic acids is 1. The van der Waals surface area contributed by atoms with Gasteiger partial charge in [0, 0.05) is 22.5 Å². The van der Waals surface area contributed by atoms with Crippen LogP contribution in [-0.2, 0) is 0 Å². The monoisotopic (exact) mass is 266 g/mol. The number of rotatable bonds is 2. The molecule has 18 heavy (non-hydrogen) atoms. The first-order valence-electron chi connectivity index (χ1n) is 5.05. The van der Waals surface area contributed by atoms with Gasteiger partial charge in [0.2, 0.25) is 0 Å². The van der Waals surface area contributed by atoms with Crippen LogP contribution in [0.25, 0.3) is 11.1 Å². The zero-order valence-corrected chi connectivity index (χ0v) is 13.1. The summed E-state index contributed by atoms with van der Waals surface area (Å²) >= 11 is 0. The minimum atomic E-state index is -1.29. The van der Waals surface area contributed by atoms with Gasteiger partial charge in [0.25, 0.3) is 0 Å². The van der Waals surface area contributed by atoms with E-state index in [2.05, 4.69) is 0 Å². The number of benzene rings is 2. The van der Waals surface area contributed by atoms with Crippen molar-refractivity contribution in [1.82, 2.24) is 0 Å². The maximum atomic E-state index is 11.1. The Bertz CT molecular complexity index is 571. The molecule has 0 saturated heterocycles. The molecule has 0 bridgehead atoms. The third-order valence-electron chi connectivity index (χ3n) is 2.47. The fourth-order valence-electron chi connectivity index (χ4n) is 1.78. The molecular weight excluding hydrogens is 255 g/mol. The van der Waals surface area contributed by atoms with Crippen LogP contribution >= 0.6 is 0 Å². The average molecular weight is 266 g/mol. The van der Waals surface area contributed by atoms with E-state index in [1.165, 1.54) is 12.1 Å². The van der Waals surface area contributed by atoms with E-state index < -0.39 is 5.97 Å². The molecule has 4 nitrogen and oxygen atoms in total. The van der Waals surface area contributed by atoms with Gasteiger partial charge in [-0.3, -0.25) is 0 Å². The number of carbonyl (C=O) groups is 1. The van der Waals surface area contributed by atoms with Crippen molar-refractivity contribution in [3.05, 3.63) is 48.0 Å². The second-order valence-corrected chi connectivity index (χ2v) is 3.69. The predicted octanol–water partition coefficient (Wildman–Crippen LogP) is -2.11. The molecule has 0 spiro atoms. The summed E-state index contributed by atoms with van der Waals surface area (Å²) in [5.41, 5.74) is 13.2. The molecule has 0 radical (unpaired) electrons. The van der Waals surface area contributed by atoms with E-state index >= 15 is 0 Å². The van der Waals surface area contributed by atoms with E-state index in [4.69, 9.17) is 11.5 Å². The molecule has 4 N–H and O–H groups in total. The first-order chi connectivity index (χ1) is 8.09. The Kier molecular flexibility index (Phi) is 5.37. The molecule has 0 saturated carbocycles. The smallest absolute Gasteiger partial charge is 0.545 e. The number of carboxylic acid groups (broad SMARTS) is 1. The van der Waals surface area contributed by atoms with Gasteiger partial charge in [0.15, 0.2) is 0 Å². The summed E-state index contributed by atoms with van der Waals surface area (Å²) in [6.07, 6.45) is 0. The average Bonchev–Trinajstić information content (AvgIpc) is 2.29. The van der Waals surface area contributed by atoms with Crippen LogP contribution in [0.3, 0.4) is 0 Å². The minimum absolute atomic E-state index is 0. The van der Waals surface area contributed by atoms with Crippen LogP contribution in [0.5, 0.6) is 0 Å². The van der Waals surface area contributed by atoms with Crippen molar-refractivity contribution in [2.75, 3.05) is 11.5 Å². The van der Waals surface area contributed by atoms with Crippen LogP contribution in [0.4, 0.5) is 11.4 Å². The van der Waals surface area contributed by atoms with Gasteiger partial charge >= 0.3 is 51.4 Å². The van der Waals surface area contributed by atoms with Gasteiger partial charge < -0.3 is 21.4 Å². The third-order valence-corrected chi connectivity index (χ3v) is 2.47. The van der Waals surface area contributed by atoms with Crippen molar-refractivity contribution in [1.29, 1.82) is 0 Å². The Morgan fingerprint density at radius 1 is 1.06 bits per heavy atom. The molecule has 5 heteroatoms. The summed E-state index contributed by atoms with van der Waals surface area (Å²) < 4.78 is 0. The second-order valence-electron chi connectivity index (χ2n) is 3.69. The van der Waals surface area contributed by atoms with Gasteiger partial charge in [0.05, 0.1) is 5.97 Å². The Morgan fingerprint density at radius 2 is 1.67 bits per heavy atom. The number of nitrogens with two attached hydrogens (primary N) is 2. The molecule has 0 unspecified atom stereocenters. The number of anilines is 2. The van der Waals surface area contributed by atoms with Crippen LogP contribution in [-0.4, -0.2) is 5.97 Å². The van der Waals surface area contributed by atoms with Crippen molar-refractivity contribution < 1.29 is 61.3 Å². The largest absolute Gasteiger partial charge is 1.00 e. The molecule has 0 amide bonds. The number of hydrogen-bond acceptors (Lipinski definition) is 4. The van der Waals surface area contributed by atoms with Crippen LogP contribution in [0.2, 0.25) is 0 Å². The van der Waals surface area contributed by atoms with Crippen molar-refractivity contribution in [3.63, 3.8) is 0 Å². The SMILES string of the molecule is Nc1cc(N)c(-c2ccccc2)c(C(=O)[O-])c1.[K+]. The van der Waals surface area contributed by atoms with Crippen molar-refractivity contribution in [2.24, 2.45) is 0 Å². The van der Waals surface area contributed by atoms with E-state index in [1.54, 1.807) is 12.1 Å². The molecule has 0 aliphatic heterocycles. The standard InChI is InChI=1S/C13H12N2O2.K/c14-9-6-10(13(16)17)12(11(15)7-9)8-4-2-1-3-5-8;/h1-7H,14-15H2,(H,16,17);/q;+1/p-1. The third kappa shape index (κ3) is 3.12. The topological polar surface area (TPSA) is 92.2 Å². The number of hydrogen-bond donors (Lipinski definition) is 2. The molecule has 2 aromatic rings. The van der Waals surface area contributed by atoms with Crippen LogP contribution < -0.4 is 68.0 Å². The van der Waals surface area contributed by atoms with Crippen molar-refractivity contribution in [2.45, 2.75) is 0 Å². The van der Waals surface area contributed by atoms with Crippen molar-refractivity contribution in [3.8, 4) is 11.1 Å². The predicted molar refractivity (Wildman–Crippen MR) is 65.0 cm³/mol. The minimum Gasteiger partial charge on any atom is -0.545 e. The van der Waals surface area contributed by atoms with E-state index in [0.717, 1.165) is 5.56 Å². The second kappa shape index (κ2) is 6.35. The van der Waals surface area contributed by atoms with E-state index in [0.29, 0.717) is 16.9 Å².